The number of halogens is 1. The molecule has 2 heterocycles. The summed E-state index contributed by atoms with van der Waals surface area (Å²) in [6, 6.07) is 5.96. The molecule has 1 aliphatic rings. The Labute approximate surface area is 163 Å². The van der Waals surface area contributed by atoms with Crippen molar-refractivity contribution in [2.24, 2.45) is 0 Å². The minimum atomic E-state index is -1.06. The van der Waals surface area contributed by atoms with Gasteiger partial charge in [-0.3, -0.25) is 4.98 Å². The summed E-state index contributed by atoms with van der Waals surface area (Å²) in [5, 5.41) is 24.2. The van der Waals surface area contributed by atoms with E-state index in [1.807, 2.05) is 5.01 Å². The summed E-state index contributed by atoms with van der Waals surface area (Å²) in [5.41, 5.74) is 4.55. The van der Waals surface area contributed by atoms with E-state index in [2.05, 4.69) is 15.7 Å². The Morgan fingerprint density at radius 3 is 2.86 bits per heavy atom. The lowest BCUT2D eigenvalue weighted by molar-refractivity contribution is 0.0679. The normalized spacial score (nSPS) is 16.1. The van der Waals surface area contributed by atoms with Crippen molar-refractivity contribution in [3.05, 3.63) is 53.6 Å². The van der Waals surface area contributed by atoms with Crippen LogP contribution in [0.15, 0.2) is 36.7 Å². The van der Waals surface area contributed by atoms with Crippen molar-refractivity contribution in [2.75, 3.05) is 16.9 Å². The minimum absolute atomic E-state index is 0.0957. The first-order chi connectivity index (χ1) is 13.2. The monoisotopic (exact) mass is 388 g/mol. The maximum absolute atomic E-state index is 13.8. The summed E-state index contributed by atoms with van der Waals surface area (Å²) < 4.78 is 13.8. The highest BCUT2D eigenvalue weighted by atomic mass is 19.1. The van der Waals surface area contributed by atoms with Crippen molar-refractivity contribution in [2.45, 2.75) is 44.9 Å². The van der Waals surface area contributed by atoms with E-state index in [-0.39, 0.29) is 11.4 Å². The van der Waals surface area contributed by atoms with Crippen molar-refractivity contribution in [3.8, 4) is 0 Å². The molecule has 1 unspecified atom stereocenters. The standard InChI is InChI=1S/C20H25FN4O3/c1-20(2,28)8-3-4-10-25-17-6-5-13(21)11-15(17)18(24-25)23-16-12-22-9-7-14(16)19(26)27/h5-7,9,11-12,18,23-24,28H,3-4,8,10H2,1-2H3,(H,26,27). The van der Waals surface area contributed by atoms with E-state index in [1.54, 1.807) is 19.9 Å². The Morgan fingerprint density at radius 1 is 1.36 bits per heavy atom. The number of aromatic nitrogens is 1. The number of benzene rings is 1. The summed E-state index contributed by atoms with van der Waals surface area (Å²) in [5.74, 6) is -1.42. The second-order valence-corrected chi connectivity index (χ2v) is 7.56. The third-order valence-corrected chi connectivity index (χ3v) is 4.65. The van der Waals surface area contributed by atoms with Crippen LogP contribution in [0.4, 0.5) is 15.8 Å². The van der Waals surface area contributed by atoms with E-state index in [0.29, 0.717) is 24.2 Å². The molecule has 28 heavy (non-hydrogen) atoms. The summed E-state index contributed by atoms with van der Waals surface area (Å²) in [7, 11) is 0. The van der Waals surface area contributed by atoms with Crippen LogP contribution in [-0.4, -0.2) is 33.3 Å². The fraction of sp³-hybridized carbons (Fsp3) is 0.400. The number of nitrogens with one attached hydrogen (secondary N) is 2. The Hall–Kier alpha value is -2.71. The molecule has 0 saturated heterocycles. The van der Waals surface area contributed by atoms with E-state index in [1.165, 1.54) is 30.6 Å². The van der Waals surface area contributed by atoms with Crippen LogP contribution in [0, 0.1) is 5.82 Å². The van der Waals surface area contributed by atoms with Crippen molar-refractivity contribution in [3.63, 3.8) is 0 Å². The molecule has 0 saturated carbocycles. The highest BCUT2D eigenvalue weighted by Crippen LogP contribution is 2.34. The molecule has 0 bridgehead atoms. The Kier molecular flexibility index (Phi) is 5.81. The number of anilines is 2. The first kappa shape index (κ1) is 20.0. The molecular formula is C20H25FN4O3. The van der Waals surface area contributed by atoms with Gasteiger partial charge in [-0.2, -0.15) is 0 Å². The van der Waals surface area contributed by atoms with Crippen LogP contribution in [0.5, 0.6) is 0 Å². The molecule has 2 aromatic rings. The number of hydrazine groups is 1. The van der Waals surface area contributed by atoms with E-state index in [4.69, 9.17) is 0 Å². The summed E-state index contributed by atoms with van der Waals surface area (Å²) in [6.45, 7) is 4.24. The van der Waals surface area contributed by atoms with Gasteiger partial charge >= 0.3 is 5.97 Å². The second kappa shape index (κ2) is 8.12. The van der Waals surface area contributed by atoms with Crippen molar-refractivity contribution < 1.29 is 19.4 Å². The summed E-state index contributed by atoms with van der Waals surface area (Å²) in [6.07, 6.45) is 4.75. The number of aliphatic hydroxyl groups is 1. The highest BCUT2D eigenvalue weighted by Gasteiger charge is 2.29. The van der Waals surface area contributed by atoms with Crippen LogP contribution in [0.25, 0.3) is 0 Å². The zero-order valence-corrected chi connectivity index (χ0v) is 15.9. The summed E-state index contributed by atoms with van der Waals surface area (Å²) >= 11 is 0. The smallest absolute Gasteiger partial charge is 0.337 e. The van der Waals surface area contributed by atoms with Gasteiger partial charge in [0.2, 0.25) is 0 Å². The number of carbonyl (C=O) groups is 1. The molecule has 1 atom stereocenters. The molecule has 3 rings (SSSR count). The lowest BCUT2D eigenvalue weighted by Gasteiger charge is -2.23. The van der Waals surface area contributed by atoms with Crippen LogP contribution in [0.1, 0.15) is 55.2 Å². The second-order valence-electron chi connectivity index (χ2n) is 7.56. The number of nitrogens with zero attached hydrogens (tertiary/aromatic N) is 2. The maximum Gasteiger partial charge on any atom is 0.337 e. The first-order valence-corrected chi connectivity index (χ1v) is 9.24. The number of fused-ring (bicyclic) bond motifs is 1. The van der Waals surface area contributed by atoms with Gasteiger partial charge in [-0.1, -0.05) is 0 Å². The Bertz CT molecular complexity index is 854. The Balaban J connectivity index is 1.75. The van der Waals surface area contributed by atoms with Crippen LogP contribution in [-0.2, 0) is 0 Å². The van der Waals surface area contributed by atoms with Gasteiger partial charge in [0.05, 0.1) is 28.7 Å². The van der Waals surface area contributed by atoms with Crippen LogP contribution < -0.4 is 15.8 Å². The Morgan fingerprint density at radius 2 is 2.14 bits per heavy atom. The number of unbranched alkanes of at least 4 members (excludes halogenated alkanes) is 1. The van der Waals surface area contributed by atoms with Gasteiger partial charge in [-0.25, -0.2) is 14.6 Å². The number of carboxylic acids is 1. The average Bonchev–Trinajstić information content (AvgIpc) is 2.95. The zero-order chi connectivity index (χ0) is 20.3. The molecule has 7 nitrogen and oxygen atoms in total. The molecular weight excluding hydrogens is 363 g/mol. The third-order valence-electron chi connectivity index (χ3n) is 4.65. The zero-order valence-electron chi connectivity index (χ0n) is 15.9. The van der Waals surface area contributed by atoms with E-state index >= 15 is 0 Å². The van der Waals surface area contributed by atoms with E-state index < -0.39 is 17.7 Å². The molecule has 0 spiro atoms. The van der Waals surface area contributed by atoms with Gasteiger partial charge in [-0.15, -0.1) is 0 Å². The molecule has 0 aliphatic carbocycles. The van der Waals surface area contributed by atoms with Gasteiger partial charge in [0.25, 0.3) is 0 Å². The fourth-order valence-electron chi connectivity index (χ4n) is 3.27. The number of carboxylic acid groups (broad SMARTS) is 1. The molecule has 150 valence electrons. The largest absolute Gasteiger partial charge is 0.478 e. The maximum atomic E-state index is 13.8. The van der Waals surface area contributed by atoms with Gasteiger partial charge < -0.3 is 20.5 Å². The van der Waals surface area contributed by atoms with Crippen molar-refractivity contribution in [1.82, 2.24) is 10.4 Å². The third kappa shape index (κ3) is 4.76. The molecule has 1 aromatic heterocycles. The van der Waals surface area contributed by atoms with Gasteiger partial charge in [0, 0.05) is 18.3 Å². The topological polar surface area (TPSA) is 97.7 Å². The number of hydrogen-bond acceptors (Lipinski definition) is 6. The number of aromatic carboxylic acids is 1. The lowest BCUT2D eigenvalue weighted by Crippen LogP contribution is -2.38. The minimum Gasteiger partial charge on any atom is -0.478 e. The fourth-order valence-corrected chi connectivity index (χ4v) is 3.27. The lowest BCUT2D eigenvalue weighted by atomic mass is 10.0. The van der Waals surface area contributed by atoms with E-state index in [9.17, 15) is 19.4 Å². The molecule has 0 radical (unpaired) electrons. The molecule has 1 aromatic carbocycles. The quantitative estimate of drug-likeness (QED) is 0.515. The molecule has 4 N–H and O–H groups in total. The summed E-state index contributed by atoms with van der Waals surface area (Å²) in [4.78, 5) is 15.4. The molecule has 8 heteroatoms. The van der Waals surface area contributed by atoms with Gasteiger partial charge in [0.1, 0.15) is 12.0 Å². The van der Waals surface area contributed by atoms with Crippen LogP contribution in [0.3, 0.4) is 0 Å². The van der Waals surface area contributed by atoms with Gasteiger partial charge in [-0.05, 0) is 57.4 Å². The molecule has 0 fully saturated rings. The highest BCUT2D eigenvalue weighted by molar-refractivity contribution is 5.94. The van der Waals surface area contributed by atoms with Gasteiger partial charge in [0.15, 0.2) is 0 Å². The van der Waals surface area contributed by atoms with E-state index in [0.717, 1.165) is 18.5 Å². The van der Waals surface area contributed by atoms with Crippen molar-refractivity contribution in [1.29, 1.82) is 0 Å². The molecule has 1 aliphatic heterocycles. The SMILES string of the molecule is CC(C)(O)CCCCN1NC(Nc2cnccc2C(=O)O)c2cc(F)ccc21. The van der Waals surface area contributed by atoms with Crippen molar-refractivity contribution >= 4 is 17.3 Å². The number of rotatable bonds is 8. The molecule has 0 amide bonds. The average molecular weight is 388 g/mol. The number of hydrogen-bond donors (Lipinski definition) is 4. The first-order valence-electron chi connectivity index (χ1n) is 9.24. The van der Waals surface area contributed by atoms with Crippen LogP contribution >= 0.6 is 0 Å². The number of pyridine rings is 1. The van der Waals surface area contributed by atoms with Crippen LogP contribution in [0.2, 0.25) is 0 Å². The predicted octanol–water partition coefficient (Wildman–Crippen LogP) is 3.30. The predicted molar refractivity (Wildman–Crippen MR) is 105 cm³/mol.